The Morgan fingerprint density at radius 2 is 1.79 bits per heavy atom. The molecule has 0 bridgehead atoms. The van der Waals surface area contributed by atoms with Crippen LogP contribution in [0.25, 0.3) is 28.3 Å². The van der Waals surface area contributed by atoms with Gasteiger partial charge in [-0.1, -0.05) is 12.1 Å². The van der Waals surface area contributed by atoms with Crippen molar-refractivity contribution < 1.29 is 17.6 Å². The summed E-state index contributed by atoms with van der Waals surface area (Å²) in [7, 11) is 0. The Labute approximate surface area is 189 Å². The number of fused-ring (bicyclic) bond motifs is 1. The van der Waals surface area contributed by atoms with Crippen LogP contribution in [-0.2, 0) is 0 Å². The SMILES string of the molecule is CC(F)(F)[C@@H](c1ccc(F)cc1)n1cc(-c2ccnc(-c3cc4nc(N)nn4cc3F)n2)cn1. The second-order valence-electron chi connectivity index (χ2n) is 7.69. The lowest BCUT2D eigenvalue weighted by Crippen LogP contribution is -2.29. The molecule has 0 radical (unpaired) electrons. The van der Waals surface area contributed by atoms with Crippen molar-refractivity contribution in [3.63, 3.8) is 0 Å². The van der Waals surface area contributed by atoms with Crippen molar-refractivity contribution in [3.8, 4) is 22.6 Å². The second kappa shape index (κ2) is 7.90. The van der Waals surface area contributed by atoms with E-state index in [0.717, 1.165) is 29.9 Å². The average molecular weight is 468 g/mol. The highest BCUT2D eigenvalue weighted by molar-refractivity contribution is 5.65. The number of nitrogen functional groups attached to an aromatic ring is 1. The highest BCUT2D eigenvalue weighted by Crippen LogP contribution is 2.35. The molecule has 0 unspecified atom stereocenters. The van der Waals surface area contributed by atoms with Gasteiger partial charge in [0.15, 0.2) is 17.3 Å². The van der Waals surface area contributed by atoms with Crippen LogP contribution in [0, 0.1) is 11.6 Å². The number of nitrogens with two attached hydrogens (primary N) is 1. The van der Waals surface area contributed by atoms with E-state index in [1.165, 1.54) is 41.3 Å². The number of aromatic nitrogens is 7. The molecule has 4 aromatic heterocycles. The summed E-state index contributed by atoms with van der Waals surface area (Å²) in [5.41, 5.74) is 6.88. The standard InChI is InChI=1S/C22H16F4N8/c1-22(25,26)19(12-2-4-14(23)5-3-12)34-10-13(9-29-34)17-6-7-28-20(30-17)15-8-18-31-21(27)32-33(18)11-16(15)24/h2-11,19H,1H3,(H2,27,32)/t19-/m1/s1. The third-order valence-corrected chi connectivity index (χ3v) is 5.16. The Morgan fingerprint density at radius 1 is 1.03 bits per heavy atom. The molecule has 0 saturated carbocycles. The number of hydrogen-bond donors (Lipinski definition) is 1. The van der Waals surface area contributed by atoms with E-state index in [9.17, 15) is 17.6 Å². The molecule has 4 heterocycles. The normalized spacial score (nSPS) is 12.9. The van der Waals surface area contributed by atoms with E-state index in [4.69, 9.17) is 5.73 Å². The Hall–Kier alpha value is -4.35. The molecule has 0 aliphatic rings. The van der Waals surface area contributed by atoms with Gasteiger partial charge in [0.25, 0.3) is 5.92 Å². The number of nitrogens with zero attached hydrogens (tertiary/aromatic N) is 7. The Balaban J connectivity index is 1.53. The first kappa shape index (κ1) is 21.5. The summed E-state index contributed by atoms with van der Waals surface area (Å²) in [6.45, 7) is 0.765. The second-order valence-corrected chi connectivity index (χ2v) is 7.69. The first-order valence-corrected chi connectivity index (χ1v) is 10.0. The molecule has 5 rings (SSSR count). The zero-order chi connectivity index (χ0) is 24.0. The van der Waals surface area contributed by atoms with Crippen LogP contribution < -0.4 is 5.73 Å². The van der Waals surface area contributed by atoms with E-state index >= 15 is 0 Å². The summed E-state index contributed by atoms with van der Waals surface area (Å²) >= 11 is 0. The molecule has 12 heteroatoms. The number of pyridine rings is 1. The van der Waals surface area contributed by atoms with Crippen molar-refractivity contribution in [1.82, 2.24) is 34.3 Å². The van der Waals surface area contributed by atoms with E-state index in [1.807, 2.05) is 0 Å². The zero-order valence-electron chi connectivity index (χ0n) is 17.6. The molecule has 0 fully saturated rings. The minimum absolute atomic E-state index is 0.0120. The summed E-state index contributed by atoms with van der Waals surface area (Å²) in [4.78, 5) is 12.5. The van der Waals surface area contributed by atoms with Crippen LogP contribution in [0.1, 0.15) is 18.5 Å². The van der Waals surface area contributed by atoms with Crippen molar-refractivity contribution >= 4 is 11.6 Å². The molecule has 0 amide bonds. The maximum absolute atomic E-state index is 14.7. The lowest BCUT2D eigenvalue weighted by molar-refractivity contribution is -0.0217. The molecule has 5 aromatic rings. The predicted octanol–water partition coefficient (Wildman–Crippen LogP) is 4.15. The fourth-order valence-corrected chi connectivity index (χ4v) is 3.68. The Kier molecular flexibility index (Phi) is 5.00. The first-order valence-electron chi connectivity index (χ1n) is 10.0. The molecule has 1 aromatic carbocycles. The van der Waals surface area contributed by atoms with Gasteiger partial charge < -0.3 is 5.73 Å². The van der Waals surface area contributed by atoms with Crippen molar-refractivity contribution in [2.75, 3.05) is 5.73 Å². The van der Waals surface area contributed by atoms with Crippen molar-refractivity contribution in [2.45, 2.75) is 18.9 Å². The van der Waals surface area contributed by atoms with E-state index in [-0.39, 0.29) is 22.9 Å². The molecule has 34 heavy (non-hydrogen) atoms. The Bertz CT molecular complexity index is 1490. The number of benzene rings is 1. The van der Waals surface area contributed by atoms with Gasteiger partial charge in [-0.2, -0.15) is 10.1 Å². The largest absolute Gasteiger partial charge is 0.366 e. The fourth-order valence-electron chi connectivity index (χ4n) is 3.68. The predicted molar refractivity (Wildman–Crippen MR) is 115 cm³/mol. The molecule has 1 atom stereocenters. The molecule has 0 aliphatic carbocycles. The van der Waals surface area contributed by atoms with Gasteiger partial charge in [-0.15, -0.1) is 5.10 Å². The molecule has 0 aliphatic heterocycles. The average Bonchev–Trinajstić information content (AvgIpc) is 3.39. The number of hydrogen-bond acceptors (Lipinski definition) is 6. The monoisotopic (exact) mass is 468 g/mol. The maximum Gasteiger partial charge on any atom is 0.271 e. The molecule has 2 N–H and O–H groups in total. The van der Waals surface area contributed by atoms with Crippen molar-refractivity contribution in [2.24, 2.45) is 0 Å². The third kappa shape index (κ3) is 3.93. The molecule has 0 saturated heterocycles. The van der Waals surface area contributed by atoms with E-state index < -0.39 is 23.6 Å². The lowest BCUT2D eigenvalue weighted by Gasteiger charge is -2.24. The summed E-state index contributed by atoms with van der Waals surface area (Å²) in [5, 5.41) is 7.95. The summed E-state index contributed by atoms with van der Waals surface area (Å²) < 4.78 is 59.2. The summed E-state index contributed by atoms with van der Waals surface area (Å²) in [6.07, 6.45) is 5.30. The highest BCUT2D eigenvalue weighted by atomic mass is 19.3. The maximum atomic E-state index is 14.7. The fraction of sp³-hybridized carbons (Fsp3) is 0.136. The van der Waals surface area contributed by atoms with Crippen LogP contribution in [0.2, 0.25) is 0 Å². The molecule has 0 spiro atoms. The van der Waals surface area contributed by atoms with Gasteiger partial charge in [0.2, 0.25) is 5.95 Å². The van der Waals surface area contributed by atoms with Crippen molar-refractivity contribution in [3.05, 3.63) is 78.4 Å². The summed E-state index contributed by atoms with van der Waals surface area (Å²) in [5.74, 6) is -4.33. The van der Waals surface area contributed by atoms with Crippen LogP contribution in [-0.4, -0.2) is 40.3 Å². The molecule has 8 nitrogen and oxygen atoms in total. The number of rotatable bonds is 5. The molecule has 172 valence electrons. The van der Waals surface area contributed by atoms with Gasteiger partial charge in [0.1, 0.15) is 11.9 Å². The lowest BCUT2D eigenvalue weighted by atomic mass is 10.0. The minimum Gasteiger partial charge on any atom is -0.366 e. The van der Waals surface area contributed by atoms with Crippen LogP contribution in [0.15, 0.2) is 61.2 Å². The van der Waals surface area contributed by atoms with Crippen molar-refractivity contribution in [1.29, 1.82) is 0 Å². The van der Waals surface area contributed by atoms with Crippen LogP contribution >= 0.6 is 0 Å². The van der Waals surface area contributed by atoms with Gasteiger partial charge in [0, 0.05) is 24.9 Å². The number of halogens is 4. The topological polar surface area (TPSA) is 99.8 Å². The number of anilines is 1. The quantitative estimate of drug-likeness (QED) is 0.389. The first-order chi connectivity index (χ1) is 16.2. The third-order valence-electron chi connectivity index (χ3n) is 5.16. The van der Waals surface area contributed by atoms with Gasteiger partial charge in [-0.25, -0.2) is 32.0 Å². The molecular formula is C22H16F4N8. The Morgan fingerprint density at radius 3 is 2.53 bits per heavy atom. The van der Waals surface area contributed by atoms with Crippen LogP contribution in [0.5, 0.6) is 0 Å². The zero-order valence-corrected chi connectivity index (χ0v) is 17.6. The van der Waals surface area contributed by atoms with E-state index in [1.54, 1.807) is 6.07 Å². The van der Waals surface area contributed by atoms with E-state index in [2.05, 4.69) is 25.1 Å². The smallest absolute Gasteiger partial charge is 0.271 e. The van der Waals surface area contributed by atoms with Crippen LogP contribution in [0.3, 0.4) is 0 Å². The van der Waals surface area contributed by atoms with Crippen LogP contribution in [0.4, 0.5) is 23.5 Å². The van der Waals surface area contributed by atoms with Gasteiger partial charge >= 0.3 is 0 Å². The van der Waals surface area contributed by atoms with Gasteiger partial charge in [-0.3, -0.25) is 4.68 Å². The summed E-state index contributed by atoms with van der Waals surface area (Å²) in [6, 6.07) is 6.29. The molecular weight excluding hydrogens is 452 g/mol. The number of alkyl halides is 2. The van der Waals surface area contributed by atoms with Gasteiger partial charge in [0.05, 0.1) is 23.7 Å². The highest BCUT2D eigenvalue weighted by Gasteiger charge is 2.37. The van der Waals surface area contributed by atoms with E-state index in [0.29, 0.717) is 16.9 Å². The van der Waals surface area contributed by atoms with Gasteiger partial charge in [-0.05, 0) is 29.8 Å². The minimum atomic E-state index is -3.20.